The number of carbonyl (C=O) groups excluding carboxylic acids is 1. The molecule has 0 aromatic heterocycles. The Labute approximate surface area is 138 Å². The molecule has 0 saturated carbocycles. The Morgan fingerprint density at radius 2 is 2.00 bits per heavy atom. The van der Waals surface area contributed by atoms with Crippen LogP contribution in [0.25, 0.3) is 10.8 Å². The molecule has 2 aromatic carbocycles. The molecule has 2 N–H and O–H groups in total. The summed E-state index contributed by atoms with van der Waals surface area (Å²) in [5.41, 5.74) is 3.02. The molecule has 0 fully saturated rings. The summed E-state index contributed by atoms with van der Waals surface area (Å²) in [6.07, 6.45) is 0.243. The molecule has 0 aliphatic carbocycles. The van der Waals surface area contributed by atoms with Crippen LogP contribution in [0.5, 0.6) is 11.5 Å². The fourth-order valence-electron chi connectivity index (χ4n) is 2.46. The van der Waals surface area contributed by atoms with Gasteiger partial charge in [-0.2, -0.15) is 0 Å². The maximum Gasteiger partial charge on any atom is 0.305 e. The molecule has 2 aromatic rings. The third-order valence-corrected chi connectivity index (χ3v) is 3.57. The molecule has 0 atom stereocenters. The number of anilines is 1. The van der Waals surface area contributed by atoms with Crippen LogP contribution >= 0.6 is 0 Å². The minimum Gasteiger partial charge on any atom is -0.496 e. The number of benzene rings is 2. The van der Waals surface area contributed by atoms with Crippen molar-refractivity contribution in [1.29, 1.82) is 0 Å². The SMILES string of the molecule is CCC(=O)OCc1cc(OC)c2c(NO)ccc(N=O)c2c1OC. The number of carbonyl (C=O) groups is 1. The van der Waals surface area contributed by atoms with E-state index in [0.717, 1.165) is 0 Å². The second-order valence-electron chi connectivity index (χ2n) is 4.87. The first-order chi connectivity index (χ1) is 11.6. The summed E-state index contributed by atoms with van der Waals surface area (Å²) < 4.78 is 15.9. The second-order valence-corrected chi connectivity index (χ2v) is 4.87. The molecule has 0 spiro atoms. The summed E-state index contributed by atoms with van der Waals surface area (Å²) in [5.74, 6) is 0.326. The molecular weight excluding hydrogens is 316 g/mol. The lowest BCUT2D eigenvalue weighted by atomic mass is 10.0. The molecule has 0 aliphatic heterocycles. The minimum absolute atomic E-state index is 0.0444. The quantitative estimate of drug-likeness (QED) is 0.453. The highest BCUT2D eigenvalue weighted by Gasteiger charge is 2.21. The van der Waals surface area contributed by atoms with Crippen LogP contribution < -0.4 is 15.0 Å². The first-order valence-corrected chi connectivity index (χ1v) is 7.20. The highest BCUT2D eigenvalue weighted by atomic mass is 16.5. The number of rotatable bonds is 7. The van der Waals surface area contributed by atoms with Gasteiger partial charge in [0.15, 0.2) is 0 Å². The maximum absolute atomic E-state index is 11.4. The monoisotopic (exact) mass is 334 g/mol. The molecule has 24 heavy (non-hydrogen) atoms. The Hall–Kier alpha value is -2.87. The van der Waals surface area contributed by atoms with E-state index >= 15 is 0 Å². The van der Waals surface area contributed by atoms with Gasteiger partial charge in [-0.05, 0) is 23.4 Å². The van der Waals surface area contributed by atoms with Crippen molar-refractivity contribution in [2.24, 2.45) is 5.18 Å². The zero-order valence-electron chi connectivity index (χ0n) is 13.6. The van der Waals surface area contributed by atoms with Gasteiger partial charge in [-0.25, -0.2) is 0 Å². The molecule has 0 unspecified atom stereocenters. The molecule has 0 aliphatic rings. The molecule has 0 saturated heterocycles. The molecule has 0 radical (unpaired) electrons. The van der Waals surface area contributed by atoms with Crippen molar-refractivity contribution in [1.82, 2.24) is 0 Å². The Balaban J connectivity index is 2.77. The Bertz CT molecular complexity index is 775. The third kappa shape index (κ3) is 3.09. The maximum atomic E-state index is 11.4. The number of fused-ring (bicyclic) bond motifs is 1. The van der Waals surface area contributed by atoms with Gasteiger partial charge >= 0.3 is 5.97 Å². The number of hydrogen-bond donors (Lipinski definition) is 2. The van der Waals surface area contributed by atoms with E-state index < -0.39 is 0 Å². The van der Waals surface area contributed by atoms with Crippen molar-refractivity contribution in [3.05, 3.63) is 28.7 Å². The van der Waals surface area contributed by atoms with Gasteiger partial charge in [0.1, 0.15) is 23.8 Å². The molecule has 2 rings (SSSR count). The van der Waals surface area contributed by atoms with Gasteiger partial charge in [0, 0.05) is 12.0 Å². The number of nitrogens with one attached hydrogen (secondary N) is 1. The normalized spacial score (nSPS) is 10.3. The summed E-state index contributed by atoms with van der Waals surface area (Å²) in [7, 11) is 2.88. The first-order valence-electron chi connectivity index (χ1n) is 7.20. The summed E-state index contributed by atoms with van der Waals surface area (Å²) in [4.78, 5) is 22.6. The first kappa shape index (κ1) is 17.5. The lowest BCUT2D eigenvalue weighted by Crippen LogP contribution is -2.05. The van der Waals surface area contributed by atoms with E-state index in [1.807, 2.05) is 0 Å². The molecule has 128 valence electrons. The van der Waals surface area contributed by atoms with Crippen molar-refractivity contribution in [3.8, 4) is 11.5 Å². The Morgan fingerprint density at radius 1 is 1.25 bits per heavy atom. The molecule has 8 heteroatoms. The third-order valence-electron chi connectivity index (χ3n) is 3.57. The van der Waals surface area contributed by atoms with Crippen molar-refractivity contribution >= 4 is 28.1 Å². The van der Waals surface area contributed by atoms with Crippen LogP contribution in [0.4, 0.5) is 11.4 Å². The summed E-state index contributed by atoms with van der Waals surface area (Å²) in [6.45, 7) is 1.64. The predicted octanol–water partition coefficient (Wildman–Crippen LogP) is 3.51. The highest BCUT2D eigenvalue weighted by molar-refractivity contribution is 6.08. The van der Waals surface area contributed by atoms with Crippen molar-refractivity contribution in [2.45, 2.75) is 20.0 Å². The molecule has 8 nitrogen and oxygen atoms in total. The van der Waals surface area contributed by atoms with Gasteiger partial charge in [-0.15, -0.1) is 4.91 Å². The van der Waals surface area contributed by atoms with E-state index in [9.17, 15) is 14.9 Å². The summed E-state index contributed by atoms with van der Waals surface area (Å²) in [6, 6.07) is 4.56. The predicted molar refractivity (Wildman–Crippen MR) is 88.0 cm³/mol. The standard InChI is InChI=1S/C16H18N2O6/c1-4-13(19)24-8-9-7-12(22-2)14-10(17-20)5-6-11(18-21)15(14)16(9)23-3/h5-7,17,20H,4,8H2,1-3H3. The number of ether oxygens (including phenoxy) is 3. The van der Waals surface area contributed by atoms with Crippen LogP contribution in [-0.2, 0) is 16.1 Å². The largest absolute Gasteiger partial charge is 0.496 e. The van der Waals surface area contributed by atoms with Gasteiger partial charge < -0.3 is 14.2 Å². The van der Waals surface area contributed by atoms with Crippen LogP contribution in [0.15, 0.2) is 23.4 Å². The number of esters is 1. The minimum atomic E-state index is -0.365. The van der Waals surface area contributed by atoms with Gasteiger partial charge in [0.05, 0.1) is 30.7 Å². The zero-order chi connectivity index (χ0) is 17.7. The van der Waals surface area contributed by atoms with Gasteiger partial charge in [-0.3, -0.25) is 15.5 Å². The lowest BCUT2D eigenvalue weighted by Gasteiger charge is -2.17. The Kier molecular flexibility index (Phi) is 5.54. The number of methoxy groups -OCH3 is 2. The van der Waals surface area contributed by atoms with Gasteiger partial charge in [0.2, 0.25) is 0 Å². The van der Waals surface area contributed by atoms with E-state index in [0.29, 0.717) is 33.5 Å². The highest BCUT2D eigenvalue weighted by Crippen LogP contribution is 2.45. The van der Waals surface area contributed by atoms with E-state index in [1.165, 1.54) is 26.4 Å². The van der Waals surface area contributed by atoms with Crippen LogP contribution in [-0.4, -0.2) is 25.4 Å². The zero-order valence-corrected chi connectivity index (χ0v) is 13.6. The summed E-state index contributed by atoms with van der Waals surface area (Å²) in [5, 5.41) is 13.1. The fourth-order valence-corrected chi connectivity index (χ4v) is 2.46. The van der Waals surface area contributed by atoms with Crippen LogP contribution in [0, 0.1) is 4.91 Å². The molecule has 0 heterocycles. The average molecular weight is 334 g/mol. The van der Waals surface area contributed by atoms with Crippen molar-refractivity contribution in [2.75, 3.05) is 19.7 Å². The Morgan fingerprint density at radius 3 is 2.54 bits per heavy atom. The van der Waals surface area contributed by atoms with E-state index in [2.05, 4.69) is 10.7 Å². The molecular formula is C16H18N2O6. The van der Waals surface area contributed by atoms with E-state index in [-0.39, 0.29) is 24.7 Å². The van der Waals surface area contributed by atoms with Crippen LogP contribution in [0.3, 0.4) is 0 Å². The number of nitrogens with zero attached hydrogens (tertiary/aromatic N) is 1. The van der Waals surface area contributed by atoms with E-state index in [4.69, 9.17) is 14.2 Å². The molecule has 0 amide bonds. The van der Waals surface area contributed by atoms with Crippen LogP contribution in [0.1, 0.15) is 18.9 Å². The fraction of sp³-hybridized carbons (Fsp3) is 0.312. The van der Waals surface area contributed by atoms with Crippen molar-refractivity contribution < 1.29 is 24.2 Å². The van der Waals surface area contributed by atoms with Gasteiger partial charge in [-0.1, -0.05) is 6.92 Å². The average Bonchev–Trinajstić information content (AvgIpc) is 2.63. The smallest absolute Gasteiger partial charge is 0.305 e. The van der Waals surface area contributed by atoms with Crippen LogP contribution in [0.2, 0.25) is 0 Å². The molecule has 0 bridgehead atoms. The van der Waals surface area contributed by atoms with E-state index in [1.54, 1.807) is 13.0 Å². The summed E-state index contributed by atoms with van der Waals surface area (Å²) >= 11 is 0. The van der Waals surface area contributed by atoms with Crippen molar-refractivity contribution in [3.63, 3.8) is 0 Å². The topological polar surface area (TPSA) is 106 Å². The number of nitroso groups, excluding NO2 is 1. The van der Waals surface area contributed by atoms with Gasteiger partial charge in [0.25, 0.3) is 0 Å². The number of hydrogen-bond acceptors (Lipinski definition) is 8. The lowest BCUT2D eigenvalue weighted by molar-refractivity contribution is -0.144. The second kappa shape index (κ2) is 7.60.